The van der Waals surface area contributed by atoms with Gasteiger partial charge in [-0.2, -0.15) is 0 Å². The van der Waals surface area contributed by atoms with Gasteiger partial charge < -0.3 is 21.5 Å². The highest BCUT2D eigenvalue weighted by Gasteiger charge is 2.25. The molecule has 8 nitrogen and oxygen atoms in total. The van der Waals surface area contributed by atoms with Gasteiger partial charge in [0.25, 0.3) is 0 Å². The number of carboxylic acid groups (broad SMARTS) is 1. The van der Waals surface area contributed by atoms with Crippen LogP contribution in [0.2, 0.25) is 0 Å². The van der Waals surface area contributed by atoms with Crippen LogP contribution in [0, 0.1) is 6.92 Å². The molecule has 0 aromatic heterocycles. The maximum Gasteiger partial charge on any atom is 0.326 e. The highest BCUT2D eigenvalue weighted by Crippen LogP contribution is 2.08. The monoisotopic (exact) mass is 293 g/mol. The Hall–Kier alpha value is -2.90. The molecule has 0 aliphatic carbocycles. The molecule has 0 fully saturated rings. The number of carbonyl (C=O) groups excluding carboxylic acids is 3. The number of hydrogen-bond acceptors (Lipinski definition) is 4. The van der Waals surface area contributed by atoms with E-state index < -0.39 is 36.2 Å². The van der Waals surface area contributed by atoms with Crippen molar-refractivity contribution in [2.24, 2.45) is 5.73 Å². The van der Waals surface area contributed by atoms with E-state index in [0.29, 0.717) is 5.69 Å². The summed E-state index contributed by atoms with van der Waals surface area (Å²) in [6.45, 7) is 1.86. The first kappa shape index (κ1) is 16.2. The normalized spacial score (nSPS) is 11.3. The van der Waals surface area contributed by atoms with Crippen LogP contribution in [0.1, 0.15) is 12.0 Å². The first-order valence-corrected chi connectivity index (χ1v) is 5.99. The lowest BCUT2D eigenvalue weighted by Gasteiger charge is -2.12. The molecule has 8 heteroatoms. The average molecular weight is 293 g/mol. The Morgan fingerprint density at radius 3 is 2.19 bits per heavy atom. The molecule has 0 heterocycles. The Morgan fingerprint density at radius 2 is 1.71 bits per heavy atom. The highest BCUT2D eigenvalue weighted by molar-refractivity contribution is 6.40. The quantitative estimate of drug-likeness (QED) is 0.536. The average Bonchev–Trinajstić information content (AvgIpc) is 2.39. The summed E-state index contributed by atoms with van der Waals surface area (Å²) in [7, 11) is 0. The van der Waals surface area contributed by atoms with Crippen LogP contribution in [0.3, 0.4) is 0 Å². The molecule has 0 aliphatic heterocycles. The number of carbonyl (C=O) groups is 4. The number of rotatable bonds is 5. The Kier molecular flexibility index (Phi) is 5.41. The third kappa shape index (κ3) is 5.31. The van der Waals surface area contributed by atoms with Crippen LogP contribution < -0.4 is 16.4 Å². The number of nitrogens with two attached hydrogens (primary N) is 1. The molecule has 0 saturated carbocycles. The maximum atomic E-state index is 11.6. The molecule has 1 aromatic carbocycles. The lowest BCUT2D eigenvalue weighted by Crippen LogP contribution is -2.47. The largest absolute Gasteiger partial charge is 0.480 e. The molecule has 112 valence electrons. The van der Waals surface area contributed by atoms with E-state index in [4.69, 9.17) is 10.8 Å². The molecule has 3 amide bonds. The molecule has 1 aromatic rings. The predicted molar refractivity (Wildman–Crippen MR) is 73.2 cm³/mol. The fourth-order valence-electron chi connectivity index (χ4n) is 1.45. The van der Waals surface area contributed by atoms with Crippen molar-refractivity contribution in [2.45, 2.75) is 19.4 Å². The van der Waals surface area contributed by atoms with Crippen LogP contribution in [0.5, 0.6) is 0 Å². The molecule has 0 saturated heterocycles. The molecule has 5 N–H and O–H groups in total. The standard InChI is InChI=1S/C13H15N3O5/c1-7-2-4-8(5-3-7)15-11(18)12(19)16-9(13(20)21)6-10(14)17/h2-5,9H,6H2,1H3,(H2,14,17)(H,15,18)(H,16,19)(H,20,21). The zero-order chi connectivity index (χ0) is 16.0. The molecular weight excluding hydrogens is 278 g/mol. The summed E-state index contributed by atoms with van der Waals surface area (Å²) >= 11 is 0. The van der Waals surface area contributed by atoms with E-state index in [1.807, 2.05) is 12.2 Å². The van der Waals surface area contributed by atoms with Crippen LogP contribution >= 0.6 is 0 Å². The molecular formula is C13H15N3O5. The number of aliphatic carboxylic acids is 1. The minimum absolute atomic E-state index is 0.391. The topological polar surface area (TPSA) is 139 Å². The zero-order valence-electron chi connectivity index (χ0n) is 11.3. The number of amides is 3. The van der Waals surface area contributed by atoms with Gasteiger partial charge in [-0.3, -0.25) is 14.4 Å². The van der Waals surface area contributed by atoms with Gasteiger partial charge in [-0.25, -0.2) is 4.79 Å². The molecule has 0 spiro atoms. The number of primary amides is 1. The van der Waals surface area contributed by atoms with Crippen molar-refractivity contribution < 1.29 is 24.3 Å². The summed E-state index contributed by atoms with van der Waals surface area (Å²) in [5.41, 5.74) is 6.23. The summed E-state index contributed by atoms with van der Waals surface area (Å²) in [4.78, 5) is 44.7. The van der Waals surface area contributed by atoms with Crippen molar-refractivity contribution in [3.63, 3.8) is 0 Å². The summed E-state index contributed by atoms with van der Waals surface area (Å²) in [6.07, 6.45) is -0.598. The highest BCUT2D eigenvalue weighted by atomic mass is 16.4. The fourth-order valence-corrected chi connectivity index (χ4v) is 1.45. The molecule has 1 rings (SSSR count). The van der Waals surface area contributed by atoms with E-state index in [-0.39, 0.29) is 0 Å². The fraction of sp³-hybridized carbons (Fsp3) is 0.231. The third-order valence-corrected chi connectivity index (χ3v) is 2.52. The van der Waals surface area contributed by atoms with Gasteiger partial charge in [0.05, 0.1) is 6.42 Å². The minimum Gasteiger partial charge on any atom is -0.480 e. The lowest BCUT2D eigenvalue weighted by molar-refractivity contribution is -0.144. The maximum absolute atomic E-state index is 11.6. The van der Waals surface area contributed by atoms with Gasteiger partial charge in [0.15, 0.2) is 0 Å². The van der Waals surface area contributed by atoms with E-state index >= 15 is 0 Å². The van der Waals surface area contributed by atoms with Gasteiger partial charge in [0.2, 0.25) is 5.91 Å². The van der Waals surface area contributed by atoms with Gasteiger partial charge in [0, 0.05) is 5.69 Å². The van der Waals surface area contributed by atoms with Crippen molar-refractivity contribution in [1.82, 2.24) is 5.32 Å². The SMILES string of the molecule is Cc1ccc(NC(=O)C(=O)NC(CC(N)=O)C(=O)O)cc1. The number of carboxylic acids is 1. The Balaban J connectivity index is 2.64. The second kappa shape index (κ2) is 7.04. The molecule has 0 radical (unpaired) electrons. The molecule has 21 heavy (non-hydrogen) atoms. The Labute approximate surface area is 120 Å². The van der Waals surface area contributed by atoms with Crippen molar-refractivity contribution >= 4 is 29.4 Å². The number of aryl methyl sites for hydroxylation is 1. The van der Waals surface area contributed by atoms with Crippen LogP contribution in [-0.2, 0) is 19.2 Å². The first-order valence-electron chi connectivity index (χ1n) is 5.99. The van der Waals surface area contributed by atoms with Crippen LogP contribution in [0.25, 0.3) is 0 Å². The summed E-state index contributed by atoms with van der Waals surface area (Å²) < 4.78 is 0. The predicted octanol–water partition coefficient (Wildman–Crippen LogP) is -0.622. The van der Waals surface area contributed by atoms with Crippen molar-refractivity contribution in [3.05, 3.63) is 29.8 Å². The molecule has 0 aliphatic rings. The molecule has 1 unspecified atom stereocenters. The Bertz CT molecular complexity index is 568. The first-order chi connectivity index (χ1) is 9.79. The smallest absolute Gasteiger partial charge is 0.326 e. The van der Waals surface area contributed by atoms with Crippen molar-refractivity contribution in [1.29, 1.82) is 0 Å². The second-order valence-corrected chi connectivity index (χ2v) is 4.35. The molecule has 0 bridgehead atoms. The van der Waals surface area contributed by atoms with Gasteiger partial charge in [-0.05, 0) is 19.1 Å². The van der Waals surface area contributed by atoms with E-state index in [2.05, 4.69) is 5.32 Å². The summed E-state index contributed by atoms with van der Waals surface area (Å²) in [5, 5.41) is 13.1. The molecule has 1 atom stereocenters. The van der Waals surface area contributed by atoms with Crippen LogP contribution in [-0.4, -0.2) is 34.8 Å². The number of anilines is 1. The van der Waals surface area contributed by atoms with E-state index in [1.54, 1.807) is 24.3 Å². The summed E-state index contributed by atoms with van der Waals surface area (Å²) in [5.74, 6) is -4.55. The second-order valence-electron chi connectivity index (χ2n) is 4.35. The van der Waals surface area contributed by atoms with E-state index in [9.17, 15) is 19.2 Å². The number of benzene rings is 1. The minimum atomic E-state index is -1.54. The van der Waals surface area contributed by atoms with Crippen LogP contribution in [0.4, 0.5) is 5.69 Å². The van der Waals surface area contributed by atoms with Crippen molar-refractivity contribution in [2.75, 3.05) is 5.32 Å². The van der Waals surface area contributed by atoms with Crippen LogP contribution in [0.15, 0.2) is 24.3 Å². The van der Waals surface area contributed by atoms with Gasteiger partial charge in [-0.1, -0.05) is 17.7 Å². The third-order valence-electron chi connectivity index (χ3n) is 2.52. The summed E-state index contributed by atoms with van der Waals surface area (Å²) in [6, 6.07) is 5.12. The van der Waals surface area contributed by atoms with Gasteiger partial charge >= 0.3 is 17.8 Å². The van der Waals surface area contributed by atoms with Crippen molar-refractivity contribution in [3.8, 4) is 0 Å². The van der Waals surface area contributed by atoms with Gasteiger partial charge in [0.1, 0.15) is 6.04 Å². The zero-order valence-corrected chi connectivity index (χ0v) is 11.3. The van der Waals surface area contributed by atoms with E-state index in [1.165, 1.54) is 0 Å². The van der Waals surface area contributed by atoms with Gasteiger partial charge in [-0.15, -0.1) is 0 Å². The number of hydrogen-bond donors (Lipinski definition) is 4. The van der Waals surface area contributed by atoms with E-state index in [0.717, 1.165) is 5.56 Å². The lowest BCUT2D eigenvalue weighted by atomic mass is 10.2. The Morgan fingerprint density at radius 1 is 1.14 bits per heavy atom. The number of nitrogens with one attached hydrogen (secondary N) is 2.